The summed E-state index contributed by atoms with van der Waals surface area (Å²) < 4.78 is 61.1. The largest absolute Gasteiger partial charge is 0.421 e. The van der Waals surface area contributed by atoms with Crippen LogP contribution in [0.1, 0.15) is 18.9 Å². The van der Waals surface area contributed by atoms with Crippen molar-refractivity contribution in [2.75, 3.05) is 10.5 Å². The number of halogens is 2. The molecule has 1 aromatic carbocycles. The molecule has 164 valence electrons. The first-order chi connectivity index (χ1) is 14.6. The van der Waals surface area contributed by atoms with Crippen molar-refractivity contribution < 1.29 is 21.9 Å². The molecule has 3 aromatic rings. The van der Waals surface area contributed by atoms with E-state index in [1.807, 2.05) is 0 Å². The number of ether oxygens (including phenoxy) is 1. The van der Waals surface area contributed by atoms with Crippen LogP contribution in [-0.2, 0) is 17.1 Å². The number of benzene rings is 1. The van der Waals surface area contributed by atoms with Gasteiger partial charge in [-0.25, -0.2) is 17.2 Å². The standard InChI is InChI=1S/C20H20F2N4O4S/c1-4-7-31(28,29)25-17-10-16(13-5-6-18(27)26(3)11-13)23-20(24-17)30-19-12(2)8-14(21)9-15(19)22/h5-6,8-11H,4,7H2,1-3H3,(H,23,24,25). The van der Waals surface area contributed by atoms with E-state index in [0.29, 0.717) is 18.1 Å². The molecule has 0 aliphatic heterocycles. The van der Waals surface area contributed by atoms with E-state index in [-0.39, 0.29) is 40.1 Å². The van der Waals surface area contributed by atoms with Gasteiger partial charge in [-0.1, -0.05) is 6.92 Å². The van der Waals surface area contributed by atoms with E-state index in [0.717, 1.165) is 6.07 Å². The first-order valence-electron chi connectivity index (χ1n) is 9.28. The van der Waals surface area contributed by atoms with Gasteiger partial charge in [0.1, 0.15) is 11.6 Å². The predicted molar refractivity (Wildman–Crippen MR) is 112 cm³/mol. The second-order valence-corrected chi connectivity index (χ2v) is 8.69. The number of aryl methyl sites for hydroxylation is 2. The van der Waals surface area contributed by atoms with Crippen molar-refractivity contribution >= 4 is 15.8 Å². The number of nitrogens with zero attached hydrogens (tertiary/aromatic N) is 3. The normalized spacial score (nSPS) is 11.4. The molecule has 0 bridgehead atoms. The zero-order valence-corrected chi connectivity index (χ0v) is 17.8. The molecule has 0 amide bonds. The minimum Gasteiger partial charge on any atom is -0.421 e. The summed E-state index contributed by atoms with van der Waals surface area (Å²) in [6.07, 6.45) is 1.89. The highest BCUT2D eigenvalue weighted by molar-refractivity contribution is 7.92. The first-order valence-corrected chi connectivity index (χ1v) is 10.9. The quantitative estimate of drug-likeness (QED) is 0.592. The maximum Gasteiger partial charge on any atom is 0.324 e. The van der Waals surface area contributed by atoms with Crippen molar-refractivity contribution in [2.24, 2.45) is 7.05 Å². The van der Waals surface area contributed by atoms with Crippen molar-refractivity contribution in [2.45, 2.75) is 20.3 Å². The fraction of sp³-hybridized carbons (Fsp3) is 0.250. The number of pyridine rings is 1. The summed E-state index contributed by atoms with van der Waals surface area (Å²) in [7, 11) is -2.14. The fourth-order valence-corrected chi connectivity index (χ4v) is 3.87. The molecule has 0 aliphatic carbocycles. The van der Waals surface area contributed by atoms with Gasteiger partial charge in [0.05, 0.1) is 11.4 Å². The Kier molecular flexibility index (Phi) is 6.34. The van der Waals surface area contributed by atoms with E-state index >= 15 is 0 Å². The topological polar surface area (TPSA) is 103 Å². The lowest BCUT2D eigenvalue weighted by molar-refractivity contribution is 0.405. The van der Waals surface area contributed by atoms with E-state index in [1.54, 1.807) is 14.0 Å². The summed E-state index contributed by atoms with van der Waals surface area (Å²) in [6.45, 7) is 3.16. The van der Waals surface area contributed by atoms with Crippen molar-refractivity contribution in [1.82, 2.24) is 14.5 Å². The van der Waals surface area contributed by atoms with Gasteiger partial charge in [-0.05, 0) is 31.0 Å². The lowest BCUT2D eigenvalue weighted by Gasteiger charge is -2.13. The number of hydrogen-bond acceptors (Lipinski definition) is 6. The molecule has 11 heteroatoms. The van der Waals surface area contributed by atoms with E-state index in [9.17, 15) is 22.0 Å². The Hall–Kier alpha value is -3.34. The van der Waals surface area contributed by atoms with Crippen LogP contribution in [0.3, 0.4) is 0 Å². The molecule has 0 radical (unpaired) electrons. The lowest BCUT2D eigenvalue weighted by Crippen LogP contribution is -2.17. The van der Waals surface area contributed by atoms with Gasteiger partial charge < -0.3 is 9.30 Å². The smallest absolute Gasteiger partial charge is 0.324 e. The Morgan fingerprint density at radius 1 is 1.16 bits per heavy atom. The van der Waals surface area contributed by atoms with Crippen molar-refractivity contribution in [3.05, 3.63) is 64.1 Å². The van der Waals surface area contributed by atoms with Gasteiger partial charge in [0, 0.05) is 37.0 Å². The average molecular weight is 450 g/mol. The van der Waals surface area contributed by atoms with Crippen LogP contribution >= 0.6 is 0 Å². The lowest BCUT2D eigenvalue weighted by atomic mass is 10.2. The maximum absolute atomic E-state index is 14.2. The Morgan fingerprint density at radius 2 is 1.90 bits per heavy atom. The van der Waals surface area contributed by atoms with Crippen molar-refractivity contribution in [3.63, 3.8) is 0 Å². The molecule has 3 rings (SSSR count). The highest BCUT2D eigenvalue weighted by Gasteiger charge is 2.17. The van der Waals surface area contributed by atoms with Crippen LogP contribution in [0.25, 0.3) is 11.3 Å². The molecule has 0 saturated carbocycles. The van der Waals surface area contributed by atoms with Crippen LogP contribution in [0.2, 0.25) is 0 Å². The van der Waals surface area contributed by atoms with Gasteiger partial charge in [0.15, 0.2) is 11.6 Å². The van der Waals surface area contributed by atoms with Gasteiger partial charge in [-0.3, -0.25) is 9.52 Å². The molecule has 2 aromatic heterocycles. The van der Waals surface area contributed by atoms with Crippen LogP contribution in [0.4, 0.5) is 14.6 Å². The molecular weight excluding hydrogens is 430 g/mol. The molecule has 0 fully saturated rings. The maximum atomic E-state index is 14.2. The third-order valence-corrected chi connectivity index (χ3v) is 5.67. The third-order valence-electron chi connectivity index (χ3n) is 4.21. The van der Waals surface area contributed by atoms with Crippen molar-refractivity contribution in [1.29, 1.82) is 0 Å². The molecule has 0 aliphatic rings. The highest BCUT2D eigenvalue weighted by Crippen LogP contribution is 2.30. The molecular formula is C20H20F2N4O4S. The second kappa shape index (κ2) is 8.80. The van der Waals surface area contributed by atoms with Gasteiger partial charge in [-0.15, -0.1) is 0 Å². The summed E-state index contributed by atoms with van der Waals surface area (Å²) in [5.74, 6) is -2.24. The van der Waals surface area contributed by atoms with E-state index in [2.05, 4.69) is 14.7 Å². The van der Waals surface area contributed by atoms with Gasteiger partial charge >= 0.3 is 6.01 Å². The molecule has 0 atom stereocenters. The van der Waals surface area contributed by atoms with E-state index < -0.39 is 21.7 Å². The average Bonchev–Trinajstić information content (AvgIpc) is 2.66. The first kappa shape index (κ1) is 22.3. The Bertz CT molecular complexity index is 1270. The molecule has 1 N–H and O–H groups in total. The zero-order valence-electron chi connectivity index (χ0n) is 17.0. The van der Waals surface area contributed by atoms with E-state index in [1.165, 1.54) is 35.9 Å². The third kappa shape index (κ3) is 5.43. The van der Waals surface area contributed by atoms with Gasteiger partial charge in [-0.2, -0.15) is 9.97 Å². The van der Waals surface area contributed by atoms with Crippen LogP contribution in [0.5, 0.6) is 11.8 Å². The Morgan fingerprint density at radius 3 is 2.55 bits per heavy atom. The van der Waals surface area contributed by atoms with E-state index in [4.69, 9.17) is 4.74 Å². The molecule has 0 spiro atoms. The molecule has 0 saturated heterocycles. The minimum atomic E-state index is -3.68. The predicted octanol–water partition coefficient (Wildman–Crippen LogP) is 3.37. The van der Waals surface area contributed by atoms with Crippen LogP contribution in [-0.4, -0.2) is 28.7 Å². The number of anilines is 1. The van der Waals surface area contributed by atoms with Crippen LogP contribution < -0.4 is 15.0 Å². The fourth-order valence-electron chi connectivity index (χ4n) is 2.81. The number of aromatic nitrogens is 3. The minimum absolute atomic E-state index is 0.0949. The molecule has 0 unspecified atom stereocenters. The number of nitrogens with one attached hydrogen (secondary N) is 1. The Labute approximate surface area is 177 Å². The summed E-state index contributed by atoms with van der Waals surface area (Å²) in [6, 6.07) is 5.58. The number of hydrogen-bond donors (Lipinski definition) is 1. The number of rotatable bonds is 7. The summed E-state index contributed by atoms with van der Waals surface area (Å²) in [5.41, 5.74) is 0.625. The van der Waals surface area contributed by atoms with Gasteiger partial charge in [0.25, 0.3) is 0 Å². The zero-order chi connectivity index (χ0) is 22.8. The van der Waals surface area contributed by atoms with Crippen LogP contribution in [0, 0.1) is 18.6 Å². The number of sulfonamides is 1. The summed E-state index contributed by atoms with van der Waals surface area (Å²) in [5, 5.41) is 0. The monoisotopic (exact) mass is 450 g/mol. The molecule has 31 heavy (non-hydrogen) atoms. The molecule has 8 nitrogen and oxygen atoms in total. The molecule has 2 heterocycles. The van der Waals surface area contributed by atoms with Gasteiger partial charge in [0.2, 0.25) is 15.6 Å². The van der Waals surface area contributed by atoms with Crippen molar-refractivity contribution in [3.8, 4) is 23.0 Å². The summed E-state index contributed by atoms with van der Waals surface area (Å²) >= 11 is 0. The highest BCUT2D eigenvalue weighted by atomic mass is 32.2. The SMILES string of the molecule is CCCS(=O)(=O)Nc1cc(-c2ccc(=O)n(C)c2)nc(Oc2c(C)cc(F)cc2F)n1. The summed E-state index contributed by atoms with van der Waals surface area (Å²) in [4.78, 5) is 19.9. The Balaban J connectivity index is 2.10. The van der Waals surface area contributed by atoms with Crippen LogP contribution in [0.15, 0.2) is 41.3 Å². The second-order valence-electron chi connectivity index (χ2n) is 6.84.